The van der Waals surface area contributed by atoms with Crippen molar-refractivity contribution in [2.45, 2.75) is 230 Å². The Balaban J connectivity index is 0.884. The van der Waals surface area contributed by atoms with Crippen LogP contribution in [-0.4, -0.2) is 106 Å². The molecule has 1 N–H and O–H groups in total. The maximum Gasteiger partial charge on any atom is 0.191 e. The zero-order chi connectivity index (χ0) is 40.6. The Kier molecular flexibility index (Phi) is 14.6. The first-order chi connectivity index (χ1) is 27.4. The summed E-state index contributed by atoms with van der Waals surface area (Å²) in [6, 6.07) is 3.60. The molecule has 57 heavy (non-hydrogen) atoms. The Hall–Kier alpha value is -0.663. The predicted octanol–water partition coefficient (Wildman–Crippen LogP) is 9.31. The third kappa shape index (κ3) is 9.27. The molecule has 0 radical (unpaired) electrons. The van der Waals surface area contributed by atoms with Crippen molar-refractivity contribution in [3.8, 4) is 0 Å². The number of ether oxygens (including phenoxy) is 7. The number of aliphatic hydroxyl groups is 1. The minimum atomic E-state index is -1.59. The van der Waals surface area contributed by atoms with Gasteiger partial charge in [0.05, 0.1) is 54.9 Å². The van der Waals surface area contributed by atoms with Gasteiger partial charge in [-0.25, -0.2) is 0 Å². The van der Waals surface area contributed by atoms with Crippen LogP contribution in [0.1, 0.15) is 132 Å². The molecular weight excluding hydrogens is 737 g/mol. The molecule has 0 aromatic rings. The Bertz CT molecular complexity index is 1350. The fourth-order valence-corrected chi connectivity index (χ4v) is 14.9. The van der Waals surface area contributed by atoms with Crippen molar-refractivity contribution < 1.29 is 42.7 Å². The Morgan fingerprint density at radius 3 is 2.23 bits per heavy atom. The monoisotopic (exact) mass is 817 g/mol. The normalized spacial score (nSPS) is 44.6. The summed E-state index contributed by atoms with van der Waals surface area (Å²) >= 11 is 0. The molecule has 8 aliphatic heterocycles. The van der Waals surface area contributed by atoms with Crippen molar-refractivity contribution >= 4 is 8.32 Å². The topological polar surface area (TPSA) is 94.1 Å². The summed E-state index contributed by atoms with van der Waals surface area (Å²) in [7, 11) is -1.59. The second-order valence-electron chi connectivity index (χ2n) is 19.7. The van der Waals surface area contributed by atoms with E-state index in [-0.39, 0.29) is 85.8 Å². The first-order valence-corrected chi connectivity index (χ1v) is 26.1. The standard InChI is InChI=1S/C47H80O9Si/c1-11-36-32(9)39(22-28(5)27-49-57(12-2,13-3)14-4)52-41(36)25-40-31(8)29(6)23-34(51-40)17-18-37-30(7)24-35(50-37)19-20-47-26-42-44(56-47)46-45(54-42)43(55-47)33(10)38(53-46)16-15-21-48/h28-29,32-46,48H,7-8,11-27H2,1-6,9-10H3/t28-,29+,32+,33-,34?,35-,36+,37-,38-,39+,40+,41-,42+,43-,44-,45?,46-,47+/m0/s1. The number of hydrogen-bond acceptors (Lipinski definition) is 9. The van der Waals surface area contributed by atoms with Gasteiger partial charge in [0.2, 0.25) is 0 Å². The van der Waals surface area contributed by atoms with Crippen molar-refractivity contribution in [2.75, 3.05) is 13.2 Å². The molecule has 8 heterocycles. The van der Waals surface area contributed by atoms with Gasteiger partial charge in [0.15, 0.2) is 14.1 Å². The lowest BCUT2D eigenvalue weighted by Gasteiger charge is -2.42. The highest BCUT2D eigenvalue weighted by molar-refractivity contribution is 6.73. The molecule has 8 fully saturated rings. The Morgan fingerprint density at radius 2 is 1.51 bits per heavy atom. The first-order valence-electron chi connectivity index (χ1n) is 23.6. The lowest BCUT2D eigenvalue weighted by Crippen LogP contribution is -2.54. The van der Waals surface area contributed by atoms with Crippen LogP contribution in [0.15, 0.2) is 24.3 Å². The Labute approximate surface area is 346 Å². The van der Waals surface area contributed by atoms with Crippen LogP contribution in [0.2, 0.25) is 18.1 Å². The van der Waals surface area contributed by atoms with Crippen LogP contribution in [0.3, 0.4) is 0 Å². The van der Waals surface area contributed by atoms with E-state index in [1.165, 1.54) is 29.3 Å². The van der Waals surface area contributed by atoms with Crippen molar-refractivity contribution in [3.63, 3.8) is 0 Å². The first kappa shape index (κ1) is 44.4. The zero-order valence-corrected chi connectivity index (χ0v) is 38.0. The van der Waals surface area contributed by atoms with Gasteiger partial charge in [0, 0.05) is 38.4 Å². The van der Waals surface area contributed by atoms with Crippen molar-refractivity contribution in [3.05, 3.63) is 24.3 Å². The van der Waals surface area contributed by atoms with E-state index < -0.39 is 14.1 Å². The van der Waals surface area contributed by atoms with E-state index in [1.807, 2.05) is 0 Å². The van der Waals surface area contributed by atoms with Gasteiger partial charge in [-0.15, -0.1) is 0 Å². The van der Waals surface area contributed by atoms with Crippen LogP contribution in [-0.2, 0) is 37.6 Å². The van der Waals surface area contributed by atoms with Crippen LogP contribution in [0.25, 0.3) is 0 Å². The van der Waals surface area contributed by atoms with Crippen LogP contribution < -0.4 is 0 Å². The second kappa shape index (κ2) is 18.8. The molecule has 9 nitrogen and oxygen atoms in total. The van der Waals surface area contributed by atoms with Gasteiger partial charge in [-0.1, -0.05) is 75.0 Å². The van der Waals surface area contributed by atoms with E-state index in [9.17, 15) is 5.11 Å². The van der Waals surface area contributed by atoms with Crippen LogP contribution in [0.5, 0.6) is 0 Å². The van der Waals surface area contributed by atoms with E-state index in [0.717, 1.165) is 83.7 Å². The highest BCUT2D eigenvalue weighted by Crippen LogP contribution is 2.54. The highest BCUT2D eigenvalue weighted by atomic mass is 28.4. The van der Waals surface area contributed by atoms with E-state index in [1.54, 1.807) is 0 Å². The third-order valence-electron chi connectivity index (χ3n) is 16.1. The van der Waals surface area contributed by atoms with Crippen LogP contribution in [0.4, 0.5) is 0 Å². The number of rotatable bonds is 20. The van der Waals surface area contributed by atoms with Gasteiger partial charge in [0.1, 0.15) is 18.3 Å². The summed E-state index contributed by atoms with van der Waals surface area (Å²) in [6.07, 6.45) is 11.4. The summed E-state index contributed by atoms with van der Waals surface area (Å²) in [6.45, 7) is 28.7. The molecule has 0 saturated carbocycles. The van der Waals surface area contributed by atoms with E-state index in [4.69, 9.17) is 37.6 Å². The van der Waals surface area contributed by atoms with Gasteiger partial charge in [0.25, 0.3) is 0 Å². The molecule has 6 bridgehead atoms. The minimum absolute atomic E-state index is 0.0134. The van der Waals surface area contributed by atoms with Crippen molar-refractivity contribution in [1.82, 2.24) is 0 Å². The van der Waals surface area contributed by atoms with Gasteiger partial charge in [-0.2, -0.15) is 0 Å². The lowest BCUT2D eigenvalue weighted by molar-refractivity contribution is -0.263. The third-order valence-corrected chi connectivity index (χ3v) is 20.8. The molecule has 0 spiro atoms. The molecule has 0 aromatic heterocycles. The van der Waals surface area contributed by atoms with Crippen LogP contribution >= 0.6 is 0 Å². The summed E-state index contributed by atoms with van der Waals surface area (Å²) < 4.78 is 54.0. The summed E-state index contributed by atoms with van der Waals surface area (Å²) in [5.41, 5.74) is 2.43. The molecule has 10 heteroatoms. The SMILES string of the molecule is C=C1C[C@H](CC[C@@]23C[C@H]4OC5[C@@H](O2)[C@@H](C)[C@H](CCCO)O[C@H]5[C@H]4O3)O[C@H]1CCC1C[C@@H](C)C(=C)[C@@H](C[C@@H]2O[C@H](C[C@H](C)CO[Si](CC)(CC)CC)[C@H](C)[C@H]2CC)O1. The molecular formula is C47H80O9Si. The second-order valence-corrected chi connectivity index (χ2v) is 24.5. The van der Waals surface area contributed by atoms with E-state index in [2.05, 4.69) is 68.5 Å². The summed E-state index contributed by atoms with van der Waals surface area (Å²) in [4.78, 5) is 0. The number of hydrogen-bond donors (Lipinski definition) is 1. The van der Waals surface area contributed by atoms with Gasteiger partial charge in [-0.05, 0) is 104 Å². The fourth-order valence-electron chi connectivity index (χ4n) is 12.1. The smallest absolute Gasteiger partial charge is 0.191 e. The molecule has 0 aliphatic carbocycles. The molecule has 326 valence electrons. The van der Waals surface area contributed by atoms with E-state index in [0.29, 0.717) is 23.7 Å². The highest BCUT2D eigenvalue weighted by Gasteiger charge is 2.67. The Morgan fingerprint density at radius 1 is 0.789 bits per heavy atom. The predicted molar refractivity (Wildman–Crippen MR) is 226 cm³/mol. The molecule has 0 aromatic carbocycles. The molecule has 8 aliphatic rings. The van der Waals surface area contributed by atoms with E-state index >= 15 is 0 Å². The maximum atomic E-state index is 9.46. The fraction of sp³-hybridized carbons (Fsp3) is 0.915. The molecule has 2 unspecified atom stereocenters. The van der Waals surface area contributed by atoms with Gasteiger partial charge < -0.3 is 42.7 Å². The lowest BCUT2D eigenvalue weighted by atomic mass is 9.80. The minimum Gasteiger partial charge on any atom is -0.417 e. The maximum absolute atomic E-state index is 9.46. The summed E-state index contributed by atoms with van der Waals surface area (Å²) in [5, 5.41) is 9.46. The quantitative estimate of drug-likeness (QED) is 0.0954. The molecule has 18 atom stereocenters. The zero-order valence-electron chi connectivity index (χ0n) is 37.0. The summed E-state index contributed by atoms with van der Waals surface area (Å²) in [5.74, 6) is 1.49. The molecule has 8 saturated heterocycles. The largest absolute Gasteiger partial charge is 0.417 e. The van der Waals surface area contributed by atoms with Crippen LogP contribution in [0, 0.1) is 29.6 Å². The van der Waals surface area contributed by atoms with Gasteiger partial charge >= 0.3 is 0 Å². The van der Waals surface area contributed by atoms with Crippen molar-refractivity contribution in [2.24, 2.45) is 29.6 Å². The van der Waals surface area contributed by atoms with Gasteiger partial charge in [-0.3, -0.25) is 0 Å². The number of aliphatic hydroxyl groups excluding tert-OH is 1. The molecule has 0 amide bonds. The molecule has 8 rings (SSSR count). The van der Waals surface area contributed by atoms with Crippen molar-refractivity contribution in [1.29, 1.82) is 0 Å². The average Bonchev–Trinajstić information content (AvgIpc) is 3.87. The average molecular weight is 817 g/mol.